The molecule has 0 saturated heterocycles. The Hall–Kier alpha value is -2.04. The Kier molecular flexibility index (Phi) is 3.50. The molecule has 0 aliphatic heterocycles. The summed E-state index contributed by atoms with van der Waals surface area (Å²) in [5, 5.41) is 2.73. The summed E-state index contributed by atoms with van der Waals surface area (Å²) in [5.41, 5.74) is 0.965. The summed E-state index contributed by atoms with van der Waals surface area (Å²) < 4.78 is 27.2. The maximum Gasteiger partial charge on any atom is 0.152 e. The fourth-order valence-corrected chi connectivity index (χ4v) is 1.60. The van der Waals surface area contributed by atoms with Gasteiger partial charge in [-0.1, -0.05) is 6.07 Å². The van der Waals surface area contributed by atoms with Gasteiger partial charge in [-0.2, -0.15) is 0 Å². The Bertz CT molecular complexity index is 570. The average Bonchev–Trinajstić information content (AvgIpc) is 2.34. The third kappa shape index (κ3) is 2.61. The van der Waals surface area contributed by atoms with Gasteiger partial charge in [-0.3, -0.25) is 0 Å². The molecule has 0 atom stereocenters. The summed E-state index contributed by atoms with van der Waals surface area (Å²) in [6, 6.07) is 4.35. The Labute approximate surface area is 104 Å². The van der Waals surface area contributed by atoms with Crippen molar-refractivity contribution in [3.63, 3.8) is 0 Å². The van der Waals surface area contributed by atoms with Crippen LogP contribution in [-0.4, -0.2) is 9.97 Å². The summed E-state index contributed by atoms with van der Waals surface area (Å²) in [5.74, 6) is -0.552. The molecular formula is C13H13F2N3. The standard InChI is InChI=1S/C13H13F2N3/c1-8-3-4-11(14)13(12(8)15)17-7-10-5-6-16-9(2)18-10/h3-6,17H,7H2,1-2H3. The number of anilines is 1. The second-order valence-electron chi connectivity index (χ2n) is 4.00. The SMILES string of the molecule is Cc1nccc(CNc2c(F)ccc(C)c2F)n1. The lowest BCUT2D eigenvalue weighted by atomic mass is 10.2. The minimum Gasteiger partial charge on any atom is -0.375 e. The van der Waals surface area contributed by atoms with E-state index < -0.39 is 11.6 Å². The van der Waals surface area contributed by atoms with E-state index in [1.165, 1.54) is 12.1 Å². The zero-order chi connectivity index (χ0) is 13.1. The molecule has 1 aromatic heterocycles. The van der Waals surface area contributed by atoms with Gasteiger partial charge in [0.15, 0.2) is 5.82 Å². The van der Waals surface area contributed by atoms with Crippen molar-refractivity contribution in [3.05, 3.63) is 53.1 Å². The Morgan fingerprint density at radius 2 is 1.94 bits per heavy atom. The number of aromatic nitrogens is 2. The minimum atomic E-state index is -0.608. The first-order valence-electron chi connectivity index (χ1n) is 5.55. The highest BCUT2D eigenvalue weighted by atomic mass is 19.1. The van der Waals surface area contributed by atoms with Crippen LogP contribution in [0, 0.1) is 25.5 Å². The molecule has 0 unspecified atom stereocenters. The molecule has 0 saturated carbocycles. The molecule has 0 aliphatic rings. The van der Waals surface area contributed by atoms with Gasteiger partial charge in [0, 0.05) is 6.20 Å². The zero-order valence-corrected chi connectivity index (χ0v) is 10.2. The van der Waals surface area contributed by atoms with Gasteiger partial charge in [-0.15, -0.1) is 0 Å². The quantitative estimate of drug-likeness (QED) is 0.908. The normalized spacial score (nSPS) is 10.4. The number of hydrogen-bond acceptors (Lipinski definition) is 3. The molecule has 5 heteroatoms. The number of halogens is 2. The second kappa shape index (κ2) is 5.08. The number of nitrogens with zero attached hydrogens (tertiary/aromatic N) is 2. The van der Waals surface area contributed by atoms with E-state index in [0.717, 1.165) is 0 Å². The Morgan fingerprint density at radius 3 is 2.67 bits per heavy atom. The maximum atomic E-state index is 13.7. The van der Waals surface area contributed by atoms with Gasteiger partial charge >= 0.3 is 0 Å². The molecule has 1 aromatic carbocycles. The predicted molar refractivity (Wildman–Crippen MR) is 65.2 cm³/mol. The smallest absolute Gasteiger partial charge is 0.152 e. The van der Waals surface area contributed by atoms with Crippen molar-refractivity contribution in [1.82, 2.24) is 9.97 Å². The van der Waals surface area contributed by atoms with Gasteiger partial charge in [0.1, 0.15) is 17.3 Å². The topological polar surface area (TPSA) is 37.8 Å². The van der Waals surface area contributed by atoms with E-state index in [2.05, 4.69) is 15.3 Å². The van der Waals surface area contributed by atoms with Crippen LogP contribution in [0.15, 0.2) is 24.4 Å². The maximum absolute atomic E-state index is 13.7. The van der Waals surface area contributed by atoms with Crippen LogP contribution in [0.3, 0.4) is 0 Å². The third-order valence-electron chi connectivity index (χ3n) is 2.56. The van der Waals surface area contributed by atoms with Gasteiger partial charge in [-0.05, 0) is 31.5 Å². The van der Waals surface area contributed by atoms with E-state index in [1.807, 2.05) is 0 Å². The number of benzene rings is 1. The fraction of sp³-hybridized carbons (Fsp3) is 0.231. The number of hydrogen-bond donors (Lipinski definition) is 1. The van der Waals surface area contributed by atoms with Gasteiger partial charge < -0.3 is 5.32 Å². The molecular weight excluding hydrogens is 236 g/mol. The molecule has 0 fully saturated rings. The number of rotatable bonds is 3. The van der Waals surface area contributed by atoms with Crippen molar-refractivity contribution >= 4 is 5.69 Å². The first-order chi connectivity index (χ1) is 8.58. The van der Waals surface area contributed by atoms with Crippen LogP contribution in [0.2, 0.25) is 0 Å². The molecule has 2 rings (SSSR count). The van der Waals surface area contributed by atoms with Crippen LogP contribution in [-0.2, 0) is 6.54 Å². The summed E-state index contributed by atoms with van der Waals surface area (Å²) >= 11 is 0. The van der Waals surface area contributed by atoms with E-state index in [0.29, 0.717) is 17.1 Å². The van der Waals surface area contributed by atoms with Gasteiger partial charge in [0.2, 0.25) is 0 Å². The highest BCUT2D eigenvalue weighted by Crippen LogP contribution is 2.21. The lowest BCUT2D eigenvalue weighted by Gasteiger charge is -2.10. The molecule has 3 nitrogen and oxygen atoms in total. The Balaban J connectivity index is 2.18. The molecule has 0 aliphatic carbocycles. The van der Waals surface area contributed by atoms with E-state index in [1.54, 1.807) is 26.1 Å². The zero-order valence-electron chi connectivity index (χ0n) is 10.2. The summed E-state index contributed by atoms with van der Waals surface area (Å²) in [4.78, 5) is 8.11. The minimum absolute atomic E-state index is 0.119. The average molecular weight is 249 g/mol. The molecule has 1 N–H and O–H groups in total. The van der Waals surface area contributed by atoms with E-state index in [-0.39, 0.29) is 12.2 Å². The first-order valence-corrected chi connectivity index (χ1v) is 5.55. The molecule has 0 amide bonds. The van der Waals surface area contributed by atoms with Crippen LogP contribution in [0.1, 0.15) is 17.1 Å². The fourth-order valence-electron chi connectivity index (χ4n) is 1.60. The van der Waals surface area contributed by atoms with Crippen LogP contribution < -0.4 is 5.32 Å². The third-order valence-corrected chi connectivity index (χ3v) is 2.56. The molecule has 0 bridgehead atoms. The summed E-state index contributed by atoms with van der Waals surface area (Å²) in [7, 11) is 0. The Morgan fingerprint density at radius 1 is 1.17 bits per heavy atom. The number of aryl methyl sites for hydroxylation is 2. The lowest BCUT2D eigenvalue weighted by Crippen LogP contribution is -2.07. The lowest BCUT2D eigenvalue weighted by molar-refractivity contribution is 0.582. The van der Waals surface area contributed by atoms with Crippen molar-refractivity contribution < 1.29 is 8.78 Å². The van der Waals surface area contributed by atoms with Crippen molar-refractivity contribution in [3.8, 4) is 0 Å². The molecule has 1 heterocycles. The van der Waals surface area contributed by atoms with Crippen LogP contribution in [0.5, 0.6) is 0 Å². The van der Waals surface area contributed by atoms with Gasteiger partial charge in [-0.25, -0.2) is 18.7 Å². The van der Waals surface area contributed by atoms with Crippen molar-refractivity contribution in [1.29, 1.82) is 0 Å². The molecule has 0 radical (unpaired) electrons. The highest BCUT2D eigenvalue weighted by Gasteiger charge is 2.11. The molecule has 2 aromatic rings. The monoisotopic (exact) mass is 249 g/mol. The summed E-state index contributed by atoms with van der Waals surface area (Å²) in [6.45, 7) is 3.60. The number of nitrogens with one attached hydrogen (secondary N) is 1. The first kappa shape index (κ1) is 12.4. The summed E-state index contributed by atoms with van der Waals surface area (Å²) in [6.07, 6.45) is 1.61. The van der Waals surface area contributed by atoms with Crippen molar-refractivity contribution in [2.24, 2.45) is 0 Å². The second-order valence-corrected chi connectivity index (χ2v) is 4.00. The van der Waals surface area contributed by atoms with Crippen LogP contribution in [0.4, 0.5) is 14.5 Å². The molecule has 18 heavy (non-hydrogen) atoms. The van der Waals surface area contributed by atoms with Gasteiger partial charge in [0.05, 0.1) is 12.2 Å². The van der Waals surface area contributed by atoms with E-state index >= 15 is 0 Å². The highest BCUT2D eigenvalue weighted by molar-refractivity contribution is 5.49. The van der Waals surface area contributed by atoms with E-state index in [4.69, 9.17) is 0 Å². The van der Waals surface area contributed by atoms with Crippen molar-refractivity contribution in [2.75, 3.05) is 5.32 Å². The largest absolute Gasteiger partial charge is 0.375 e. The van der Waals surface area contributed by atoms with Gasteiger partial charge in [0.25, 0.3) is 0 Å². The van der Waals surface area contributed by atoms with Crippen LogP contribution in [0.25, 0.3) is 0 Å². The molecule has 0 spiro atoms. The van der Waals surface area contributed by atoms with Crippen LogP contribution >= 0.6 is 0 Å². The van der Waals surface area contributed by atoms with Crippen molar-refractivity contribution in [2.45, 2.75) is 20.4 Å². The predicted octanol–water partition coefficient (Wildman–Crippen LogP) is 2.98. The molecule has 94 valence electrons. The van der Waals surface area contributed by atoms with E-state index in [9.17, 15) is 8.78 Å².